The standard InChI is InChI=1S/C45H83N5O14/c1-2-46-37(44(57)58)21-19-20-26-47-41(53)35-63-33-32-62-30-28-49-42(54)36-64-34-31-61-29-27-48-39(51)25-24-38(45(59)60)50-40(52)22-17-15-13-11-9-7-5-3-4-6-8-10-12-14-16-18-23-43(55)56/h37-38,46H,2-36H2,1H3,(H,47,53)(H,48,51)(H,49,54)(H,50,52)(H,55,56)(H,57,58)(H,59,60)/t37-,38-/m0/s1. The number of carbonyl (C=O) groups excluding carboxylic acids is 4. The van der Waals surface area contributed by atoms with E-state index in [1.165, 1.54) is 57.8 Å². The lowest BCUT2D eigenvalue weighted by molar-refractivity contribution is -0.142. The maximum absolute atomic E-state index is 12.3. The van der Waals surface area contributed by atoms with Gasteiger partial charge in [0, 0.05) is 38.9 Å². The van der Waals surface area contributed by atoms with Crippen LogP contribution in [0.15, 0.2) is 0 Å². The molecule has 0 rings (SSSR count). The Morgan fingerprint density at radius 3 is 1.28 bits per heavy atom. The van der Waals surface area contributed by atoms with Gasteiger partial charge in [-0.3, -0.25) is 28.8 Å². The zero-order valence-corrected chi connectivity index (χ0v) is 38.7. The van der Waals surface area contributed by atoms with E-state index in [2.05, 4.69) is 26.6 Å². The molecular formula is C45H83N5O14. The van der Waals surface area contributed by atoms with Crippen molar-refractivity contribution in [1.29, 1.82) is 0 Å². The van der Waals surface area contributed by atoms with Gasteiger partial charge in [0.15, 0.2) is 0 Å². The monoisotopic (exact) mass is 918 g/mol. The number of aliphatic carboxylic acids is 3. The van der Waals surface area contributed by atoms with Crippen molar-refractivity contribution in [3.8, 4) is 0 Å². The summed E-state index contributed by atoms with van der Waals surface area (Å²) in [5.74, 6) is -4.04. The topological polar surface area (TPSA) is 277 Å². The van der Waals surface area contributed by atoms with E-state index in [0.29, 0.717) is 38.8 Å². The van der Waals surface area contributed by atoms with Crippen molar-refractivity contribution in [3.63, 3.8) is 0 Å². The molecule has 0 unspecified atom stereocenters. The van der Waals surface area contributed by atoms with Gasteiger partial charge in [0.2, 0.25) is 23.6 Å². The molecule has 4 amide bonds. The molecule has 0 saturated heterocycles. The lowest BCUT2D eigenvalue weighted by Crippen LogP contribution is -2.41. The molecule has 372 valence electrons. The third-order valence-corrected chi connectivity index (χ3v) is 10.2. The van der Waals surface area contributed by atoms with Crippen molar-refractivity contribution in [3.05, 3.63) is 0 Å². The quantitative estimate of drug-likeness (QED) is 0.0399. The SMILES string of the molecule is CCN[C@@H](CCCCNC(=O)COCCOCCNC(=O)COCCOCCNC(=O)CC[C@H](NC(=O)CCCCCCCCCCCCCCCCCCC(=O)O)C(=O)O)C(=O)O. The number of likely N-dealkylation sites (N-methyl/N-ethyl adjacent to an activating group) is 1. The third kappa shape index (κ3) is 42.1. The van der Waals surface area contributed by atoms with Crippen LogP contribution < -0.4 is 26.6 Å². The molecule has 0 fully saturated rings. The smallest absolute Gasteiger partial charge is 0.326 e. The predicted octanol–water partition coefficient (Wildman–Crippen LogP) is 4.09. The first kappa shape index (κ1) is 60.1. The molecule has 19 heteroatoms. The van der Waals surface area contributed by atoms with E-state index in [1.54, 1.807) is 0 Å². The van der Waals surface area contributed by atoms with Gasteiger partial charge in [0.05, 0.1) is 39.6 Å². The van der Waals surface area contributed by atoms with Crippen LogP contribution in [0, 0.1) is 0 Å². The maximum Gasteiger partial charge on any atom is 0.326 e. The summed E-state index contributed by atoms with van der Waals surface area (Å²) in [6, 6.07) is -1.72. The van der Waals surface area contributed by atoms with Crippen LogP contribution in [-0.2, 0) is 52.5 Å². The molecule has 0 aromatic carbocycles. The third-order valence-electron chi connectivity index (χ3n) is 10.2. The molecule has 0 aliphatic carbocycles. The fraction of sp³-hybridized carbons (Fsp3) is 0.844. The van der Waals surface area contributed by atoms with Crippen LogP contribution in [0.5, 0.6) is 0 Å². The first-order valence-electron chi connectivity index (χ1n) is 23.8. The van der Waals surface area contributed by atoms with Crippen molar-refractivity contribution in [2.75, 3.05) is 79.0 Å². The lowest BCUT2D eigenvalue weighted by atomic mass is 10.0. The summed E-state index contributed by atoms with van der Waals surface area (Å²) >= 11 is 0. The highest BCUT2D eigenvalue weighted by molar-refractivity contribution is 5.84. The number of carboxylic acids is 3. The Bertz CT molecular complexity index is 1240. The number of amides is 4. The van der Waals surface area contributed by atoms with Crippen molar-refractivity contribution in [2.45, 2.75) is 167 Å². The molecule has 64 heavy (non-hydrogen) atoms. The minimum absolute atomic E-state index is 0.0271. The molecular weight excluding hydrogens is 835 g/mol. The summed E-state index contributed by atoms with van der Waals surface area (Å²) < 4.78 is 21.3. The van der Waals surface area contributed by atoms with Crippen molar-refractivity contribution in [1.82, 2.24) is 26.6 Å². The van der Waals surface area contributed by atoms with Crippen LogP contribution in [0.25, 0.3) is 0 Å². The predicted molar refractivity (Wildman–Crippen MR) is 241 cm³/mol. The minimum atomic E-state index is -1.18. The summed E-state index contributed by atoms with van der Waals surface area (Å²) in [6.07, 6.45) is 20.1. The number of hydrogen-bond donors (Lipinski definition) is 8. The van der Waals surface area contributed by atoms with E-state index in [9.17, 15) is 38.7 Å². The largest absolute Gasteiger partial charge is 0.481 e. The Morgan fingerprint density at radius 2 is 0.828 bits per heavy atom. The minimum Gasteiger partial charge on any atom is -0.481 e. The normalized spacial score (nSPS) is 12.0. The second-order valence-electron chi connectivity index (χ2n) is 15.9. The zero-order chi connectivity index (χ0) is 47.3. The highest BCUT2D eigenvalue weighted by Crippen LogP contribution is 2.14. The molecule has 0 bridgehead atoms. The second-order valence-corrected chi connectivity index (χ2v) is 15.9. The number of hydrogen-bond acceptors (Lipinski definition) is 12. The Hall–Kier alpha value is -3.91. The fourth-order valence-corrected chi connectivity index (χ4v) is 6.58. The molecule has 0 aromatic rings. The van der Waals surface area contributed by atoms with Crippen LogP contribution in [0.2, 0.25) is 0 Å². The van der Waals surface area contributed by atoms with Crippen LogP contribution in [0.4, 0.5) is 0 Å². The lowest BCUT2D eigenvalue weighted by Gasteiger charge is -2.14. The van der Waals surface area contributed by atoms with Gasteiger partial charge in [-0.15, -0.1) is 0 Å². The van der Waals surface area contributed by atoms with E-state index in [0.717, 1.165) is 38.5 Å². The average Bonchev–Trinajstić information content (AvgIpc) is 3.25. The van der Waals surface area contributed by atoms with Gasteiger partial charge in [-0.2, -0.15) is 0 Å². The van der Waals surface area contributed by atoms with Crippen LogP contribution in [0.1, 0.15) is 155 Å². The molecule has 0 aromatic heterocycles. The van der Waals surface area contributed by atoms with Gasteiger partial charge >= 0.3 is 17.9 Å². The first-order chi connectivity index (χ1) is 31.0. The van der Waals surface area contributed by atoms with Crippen molar-refractivity contribution >= 4 is 41.5 Å². The summed E-state index contributed by atoms with van der Waals surface area (Å²) in [6.45, 7) is 4.31. The Balaban J connectivity index is 3.65. The summed E-state index contributed by atoms with van der Waals surface area (Å²) in [4.78, 5) is 81.6. The second kappa shape index (κ2) is 44.3. The Kier molecular flexibility index (Phi) is 41.6. The highest BCUT2D eigenvalue weighted by atomic mass is 16.5. The van der Waals surface area contributed by atoms with E-state index in [1.807, 2.05) is 6.92 Å². The number of rotatable bonds is 48. The number of nitrogens with one attached hydrogen (secondary N) is 5. The fourth-order valence-electron chi connectivity index (χ4n) is 6.58. The molecule has 0 aliphatic heterocycles. The van der Waals surface area contributed by atoms with Gasteiger partial charge in [-0.05, 0) is 45.1 Å². The van der Waals surface area contributed by atoms with Crippen molar-refractivity contribution < 1.29 is 67.8 Å². The summed E-state index contributed by atoms with van der Waals surface area (Å²) in [5, 5.41) is 40.8. The molecule has 8 N–H and O–H groups in total. The molecule has 0 radical (unpaired) electrons. The van der Waals surface area contributed by atoms with Crippen molar-refractivity contribution in [2.24, 2.45) is 0 Å². The van der Waals surface area contributed by atoms with E-state index in [-0.39, 0.29) is 115 Å². The van der Waals surface area contributed by atoms with Gasteiger partial charge in [-0.1, -0.05) is 96.8 Å². The summed E-state index contributed by atoms with van der Waals surface area (Å²) in [5.41, 5.74) is 0. The Morgan fingerprint density at radius 1 is 0.406 bits per heavy atom. The van der Waals surface area contributed by atoms with E-state index in [4.69, 9.17) is 29.2 Å². The van der Waals surface area contributed by atoms with Gasteiger partial charge < -0.3 is 60.9 Å². The highest BCUT2D eigenvalue weighted by Gasteiger charge is 2.21. The van der Waals surface area contributed by atoms with Crippen LogP contribution >= 0.6 is 0 Å². The molecule has 0 heterocycles. The molecule has 0 saturated carbocycles. The molecule has 0 spiro atoms. The summed E-state index contributed by atoms with van der Waals surface area (Å²) in [7, 11) is 0. The Labute approximate surface area is 381 Å². The van der Waals surface area contributed by atoms with Gasteiger partial charge in [0.1, 0.15) is 25.3 Å². The number of unbranched alkanes of at least 4 members (excludes halogenated alkanes) is 16. The number of carbonyl (C=O) groups is 7. The van der Waals surface area contributed by atoms with E-state index >= 15 is 0 Å². The van der Waals surface area contributed by atoms with Gasteiger partial charge in [0.25, 0.3) is 0 Å². The first-order valence-corrected chi connectivity index (χ1v) is 23.8. The van der Waals surface area contributed by atoms with Crippen LogP contribution in [0.3, 0.4) is 0 Å². The zero-order valence-electron chi connectivity index (χ0n) is 38.7. The molecule has 2 atom stereocenters. The molecule has 0 aliphatic rings. The van der Waals surface area contributed by atoms with E-state index < -0.39 is 30.0 Å². The number of carboxylic acid groups (broad SMARTS) is 3. The average molecular weight is 918 g/mol. The van der Waals surface area contributed by atoms with Gasteiger partial charge in [-0.25, -0.2) is 4.79 Å². The maximum atomic E-state index is 12.3. The molecule has 19 nitrogen and oxygen atoms in total. The number of ether oxygens (including phenoxy) is 4. The van der Waals surface area contributed by atoms with Crippen LogP contribution in [-0.4, -0.2) is 148 Å².